The molecule has 0 saturated carbocycles. The molecule has 0 radical (unpaired) electrons. The highest BCUT2D eigenvalue weighted by Crippen LogP contribution is 2.61. The summed E-state index contributed by atoms with van der Waals surface area (Å²) in [5.74, 6) is -50.1. The van der Waals surface area contributed by atoms with E-state index in [0.717, 1.165) is 186 Å². The number of carbonyl (C=O) groups excluding carboxylic acids is 19. The van der Waals surface area contributed by atoms with Gasteiger partial charge in [-0.1, -0.05) is 0 Å². The zero-order chi connectivity index (χ0) is 92.3. The lowest BCUT2D eigenvalue weighted by atomic mass is 10.2. The summed E-state index contributed by atoms with van der Waals surface area (Å²) in [6, 6.07) is 8.46. The average Bonchev–Trinajstić information content (AvgIpc) is 0.766. The lowest BCUT2D eigenvalue weighted by Gasteiger charge is -2.23. The van der Waals surface area contributed by atoms with Gasteiger partial charge in [-0.05, 0) is 0 Å². The minimum absolute atomic E-state index is 0.436. The van der Waals surface area contributed by atoms with Gasteiger partial charge in [-0.3, -0.25) is 91.1 Å². The zero-order valence-corrected chi connectivity index (χ0v) is 68.3. The normalized spacial score (nSPS) is 10.3. The van der Waals surface area contributed by atoms with E-state index in [1.807, 2.05) is 0 Å². The van der Waals surface area contributed by atoms with Crippen LogP contribution in [0.1, 0.15) is 132 Å². The molecular weight excluding hydrogens is 1660 g/mol. The molecule has 0 aromatic heterocycles. The fourth-order valence-electron chi connectivity index (χ4n) is 10.1. The van der Waals surface area contributed by atoms with E-state index in [9.17, 15) is 91.1 Å². The first kappa shape index (κ1) is 94.4. The molecule has 0 spiro atoms. The monoisotopic (exact) mass is 1730 g/mol. The van der Waals surface area contributed by atoms with Crippen LogP contribution in [0.2, 0.25) is 0 Å². The summed E-state index contributed by atoms with van der Waals surface area (Å²) in [4.78, 5) is 247. The molecule has 44 heteroatoms. The Bertz CT molecular complexity index is 5510. The second kappa shape index (κ2) is 41.1. The molecule has 0 unspecified atom stereocenters. The summed E-state index contributed by atoms with van der Waals surface area (Å²) in [5.41, 5.74) is 0. The van der Waals surface area contributed by atoms with Crippen molar-refractivity contribution in [2.75, 3.05) is 0 Å². The highest BCUT2D eigenvalue weighted by atomic mass is 16.7. The highest BCUT2D eigenvalue weighted by Gasteiger charge is 2.38. The van der Waals surface area contributed by atoms with Gasteiger partial charge in [-0.25, -0.2) is 0 Å². The molecule has 7 rings (SSSR count). The van der Waals surface area contributed by atoms with Crippen LogP contribution in [0.5, 0.6) is 178 Å². The van der Waals surface area contributed by atoms with E-state index in [2.05, 4.69) is 0 Å². The van der Waals surface area contributed by atoms with Gasteiger partial charge in [-0.15, -0.1) is 0 Å². The van der Waals surface area contributed by atoms with E-state index in [0.29, 0.717) is 12.1 Å². The molecule has 0 heterocycles. The first-order valence-electron chi connectivity index (χ1n) is 34.9. The lowest BCUT2D eigenvalue weighted by Crippen LogP contribution is -2.13. The molecule has 0 aliphatic carbocycles. The van der Waals surface area contributed by atoms with Gasteiger partial charge in [0, 0.05) is 198 Å². The Hall–Kier alpha value is -16.7. The van der Waals surface area contributed by atoms with Crippen molar-refractivity contribution in [1.82, 2.24) is 0 Å². The third-order valence-corrected chi connectivity index (χ3v) is 13.4. The van der Waals surface area contributed by atoms with Crippen molar-refractivity contribution in [1.29, 1.82) is 0 Å². The molecule has 0 fully saturated rings. The summed E-state index contributed by atoms with van der Waals surface area (Å²) in [6.45, 7) is 16.2. The van der Waals surface area contributed by atoms with Crippen LogP contribution in [-0.2, 0) is 91.1 Å². The summed E-state index contributed by atoms with van der Waals surface area (Å²) in [5, 5.41) is 0. The summed E-state index contributed by atoms with van der Waals surface area (Å²) in [7, 11) is 0. The van der Waals surface area contributed by atoms with Crippen LogP contribution >= 0.6 is 0 Å². The first-order chi connectivity index (χ1) is 58.0. The van der Waals surface area contributed by atoms with Crippen molar-refractivity contribution in [3.63, 3.8) is 0 Å². The maximum absolute atomic E-state index is 13.5. The van der Waals surface area contributed by atoms with E-state index in [-0.39, 0.29) is 0 Å². The largest absolute Gasteiger partial charge is 0.449 e. The van der Waals surface area contributed by atoms with Gasteiger partial charge < -0.3 is 118 Å². The molecule has 0 bridgehead atoms. The molecule has 0 atom stereocenters. The quantitative estimate of drug-likeness (QED) is 0.0288. The van der Waals surface area contributed by atoms with Crippen molar-refractivity contribution in [3.8, 4) is 178 Å². The number of carbonyl (C=O) groups is 19. The van der Waals surface area contributed by atoms with E-state index >= 15 is 0 Å². The standard InChI is InChI=1S/C80H68O44/c1-31(81)100-50-20-56(103-34(4)84)69(57(21-50)104-35(5)85)122-65-28-62(109-40(10)90)73(114-45(15)95)79(117-48(18)98)76(65)120-52-24-60(107-38(8)88)71(61(25-52)108-39(9)89)124-67-30-64(111-42(12)92)74(115-46(16)96)80(118-49(19)99)77(67)121-53-26-58(105-36(6)86)70(59(27-53)106-37(7)87)123-66-29-63(110-41(11)91)72(113-44(14)94)78(116-47(17)97)75(66)119-51-22-54(101-32(2)82)68(112-43(13)93)55(23-51)102-33(3)83/h20-30H,1-19H3. The van der Waals surface area contributed by atoms with E-state index in [1.54, 1.807) is 0 Å². The van der Waals surface area contributed by atoms with Gasteiger partial charge in [0.05, 0.1) is 0 Å². The Labute approximate surface area is 697 Å². The Morgan fingerprint density at radius 2 is 0.258 bits per heavy atom. The third-order valence-electron chi connectivity index (χ3n) is 13.4. The van der Waals surface area contributed by atoms with E-state index < -0.39 is 292 Å². The number of hydrogen-bond acceptors (Lipinski definition) is 44. The van der Waals surface area contributed by atoms with Gasteiger partial charge in [0.15, 0.2) is 80.5 Å². The van der Waals surface area contributed by atoms with Gasteiger partial charge in [0.25, 0.3) is 0 Å². The molecule has 124 heavy (non-hydrogen) atoms. The van der Waals surface area contributed by atoms with Crippen LogP contribution in [0.4, 0.5) is 0 Å². The molecular formula is C80H68O44. The molecule has 0 saturated heterocycles. The van der Waals surface area contributed by atoms with Crippen molar-refractivity contribution in [2.24, 2.45) is 0 Å². The second-order valence-corrected chi connectivity index (χ2v) is 24.5. The van der Waals surface area contributed by atoms with Crippen LogP contribution in [0.3, 0.4) is 0 Å². The number of benzene rings is 7. The summed E-state index contributed by atoms with van der Waals surface area (Å²) >= 11 is 0. The third kappa shape index (κ3) is 26.6. The molecule has 0 aliphatic heterocycles. The van der Waals surface area contributed by atoms with Crippen LogP contribution in [-0.4, -0.2) is 113 Å². The molecule has 44 nitrogen and oxygen atoms in total. The minimum atomic E-state index is -1.33. The van der Waals surface area contributed by atoms with Gasteiger partial charge in [0.1, 0.15) is 23.0 Å². The van der Waals surface area contributed by atoms with Crippen molar-refractivity contribution in [3.05, 3.63) is 66.7 Å². The summed E-state index contributed by atoms with van der Waals surface area (Å²) in [6.07, 6.45) is 0. The topological polar surface area (TPSA) is 555 Å². The smallest absolute Gasteiger partial charge is 0.308 e. The minimum Gasteiger partial charge on any atom is -0.449 e. The Kier molecular flexibility index (Phi) is 31.3. The fourth-order valence-corrected chi connectivity index (χ4v) is 10.1. The fraction of sp³-hybridized carbons (Fsp3) is 0.237. The van der Waals surface area contributed by atoms with Gasteiger partial charge in [-0.2, -0.15) is 0 Å². The van der Waals surface area contributed by atoms with Crippen molar-refractivity contribution >= 4 is 113 Å². The molecule has 652 valence electrons. The van der Waals surface area contributed by atoms with E-state index in [4.69, 9.17) is 118 Å². The number of hydrogen-bond donors (Lipinski definition) is 0. The number of ether oxygens (including phenoxy) is 25. The molecule has 7 aromatic carbocycles. The second-order valence-electron chi connectivity index (χ2n) is 24.5. The molecule has 0 N–H and O–H groups in total. The van der Waals surface area contributed by atoms with Gasteiger partial charge in [0.2, 0.25) is 74.7 Å². The van der Waals surface area contributed by atoms with Crippen molar-refractivity contribution in [2.45, 2.75) is 132 Å². The van der Waals surface area contributed by atoms with Crippen LogP contribution in [0.25, 0.3) is 0 Å². The Balaban J connectivity index is 1.62. The number of esters is 19. The maximum Gasteiger partial charge on any atom is 0.308 e. The average molecular weight is 1730 g/mol. The Morgan fingerprint density at radius 1 is 0.121 bits per heavy atom. The number of rotatable bonds is 31. The highest BCUT2D eigenvalue weighted by molar-refractivity contribution is 5.88. The van der Waals surface area contributed by atoms with Gasteiger partial charge >= 0.3 is 113 Å². The predicted octanol–water partition coefficient (Wildman–Crippen LogP) is 11.0. The first-order valence-corrected chi connectivity index (χ1v) is 34.9. The van der Waals surface area contributed by atoms with Crippen LogP contribution < -0.4 is 118 Å². The van der Waals surface area contributed by atoms with E-state index in [1.165, 1.54) is 0 Å². The lowest BCUT2D eigenvalue weighted by molar-refractivity contribution is -0.135. The predicted molar refractivity (Wildman–Crippen MR) is 400 cm³/mol. The molecule has 0 amide bonds. The van der Waals surface area contributed by atoms with Crippen molar-refractivity contribution < 1.29 is 210 Å². The zero-order valence-electron chi connectivity index (χ0n) is 68.3. The van der Waals surface area contributed by atoms with Crippen LogP contribution in [0, 0.1) is 0 Å². The maximum atomic E-state index is 13.5. The Morgan fingerprint density at radius 3 is 0.427 bits per heavy atom. The molecule has 7 aromatic rings. The molecule has 0 aliphatic rings. The van der Waals surface area contributed by atoms with Crippen LogP contribution in [0.15, 0.2) is 66.7 Å². The summed E-state index contributed by atoms with van der Waals surface area (Å²) < 4.78 is 142. The SMILES string of the molecule is CC(=O)Oc1cc(OC(C)=O)c(Oc2cc(OC(C)=O)c(OC(C)=O)c(OC(C)=O)c2Oc2cc(OC(C)=O)c(Oc3cc(OC(C)=O)c(OC(C)=O)c(OC(C)=O)c3Oc3cc(OC(C)=O)c(Oc4cc(OC(C)=O)c(OC(C)=O)c(OC(C)=O)c4Oc4cc(OC(C)=O)c(OC(C)=O)c(OC(C)=O)c4)c(OC(C)=O)c3)c(OC(C)=O)c2)c(OC(C)=O)c1.